The van der Waals surface area contributed by atoms with Gasteiger partial charge in [-0.25, -0.2) is 23.9 Å². The van der Waals surface area contributed by atoms with Crippen LogP contribution < -0.4 is 11.1 Å². The van der Waals surface area contributed by atoms with E-state index >= 15 is 0 Å². The average molecular weight is 557 g/mol. The van der Waals surface area contributed by atoms with Crippen LogP contribution in [0.1, 0.15) is 29.0 Å². The number of hydrogen-bond acceptors (Lipinski definition) is 12. The molecule has 0 spiro atoms. The summed E-state index contributed by atoms with van der Waals surface area (Å²) in [5.74, 6) is -4.00. The van der Waals surface area contributed by atoms with Gasteiger partial charge in [0, 0.05) is 15.7 Å². The molecule has 0 aromatic carbocycles. The van der Waals surface area contributed by atoms with Crippen molar-refractivity contribution in [3.8, 4) is 0 Å². The van der Waals surface area contributed by atoms with Gasteiger partial charge < -0.3 is 26.1 Å². The maximum absolute atomic E-state index is 12.9. The summed E-state index contributed by atoms with van der Waals surface area (Å²) in [6, 6.07) is -1.66. The van der Waals surface area contributed by atoms with Crippen molar-refractivity contribution < 1.29 is 38.6 Å². The molecule has 190 valence electrons. The first-order valence-corrected chi connectivity index (χ1v) is 12.7. The van der Waals surface area contributed by atoms with Crippen molar-refractivity contribution in [3.63, 3.8) is 0 Å². The molecule has 4 rings (SSSR count). The first-order valence-electron chi connectivity index (χ1n) is 10.2. The number of allylic oxidation sites excluding steroid dienone is 1. The lowest BCUT2D eigenvalue weighted by Crippen LogP contribution is -2.72. The lowest BCUT2D eigenvalue weighted by atomic mass is 9.86. The number of fused-ring (bicyclic) bond motifs is 1. The van der Waals surface area contributed by atoms with Crippen molar-refractivity contribution in [1.29, 1.82) is 0 Å². The SMILES string of the molecule is Nc1nc(/C(=N\OCCF)C(=O)N[C@@H]2C(=O)N3C(C(=O)O)=C(Sc4nc(C(=O)O)cs4)CC[C@H]23)cs1. The van der Waals surface area contributed by atoms with E-state index in [4.69, 9.17) is 15.7 Å². The van der Waals surface area contributed by atoms with Gasteiger partial charge in [-0.3, -0.25) is 14.5 Å². The van der Waals surface area contributed by atoms with Gasteiger partial charge in [-0.1, -0.05) is 16.9 Å². The van der Waals surface area contributed by atoms with E-state index in [1.165, 1.54) is 10.8 Å². The smallest absolute Gasteiger partial charge is 0.355 e. The topological polar surface area (TPSA) is 197 Å². The van der Waals surface area contributed by atoms with Gasteiger partial charge in [-0.15, -0.1) is 22.7 Å². The predicted molar refractivity (Wildman–Crippen MR) is 126 cm³/mol. The Morgan fingerprint density at radius 2 is 2.00 bits per heavy atom. The first kappa shape index (κ1) is 25.5. The number of halogens is 1. The number of thiazole rings is 2. The number of nitrogen functional groups attached to an aromatic ring is 1. The maximum Gasteiger partial charge on any atom is 0.355 e. The van der Waals surface area contributed by atoms with Crippen LogP contribution in [-0.4, -0.2) is 79.9 Å². The molecule has 0 unspecified atom stereocenters. The Kier molecular flexibility index (Phi) is 7.51. The summed E-state index contributed by atoms with van der Waals surface area (Å²) in [4.78, 5) is 63.1. The monoisotopic (exact) mass is 556 g/mol. The van der Waals surface area contributed by atoms with Crippen molar-refractivity contribution in [1.82, 2.24) is 20.2 Å². The Morgan fingerprint density at radius 1 is 1.25 bits per heavy atom. The molecule has 1 fully saturated rings. The molecule has 0 radical (unpaired) electrons. The van der Waals surface area contributed by atoms with Crippen LogP contribution in [0.25, 0.3) is 0 Å². The van der Waals surface area contributed by atoms with E-state index in [9.17, 15) is 28.7 Å². The molecule has 2 aliphatic heterocycles. The summed E-state index contributed by atoms with van der Waals surface area (Å²) < 4.78 is 12.7. The zero-order chi connectivity index (χ0) is 26.0. The number of carbonyl (C=O) groups is 4. The lowest BCUT2D eigenvalue weighted by Gasteiger charge is -2.49. The van der Waals surface area contributed by atoms with Gasteiger partial charge in [-0.2, -0.15) is 0 Å². The van der Waals surface area contributed by atoms with E-state index in [0.717, 1.165) is 39.3 Å². The molecule has 5 N–H and O–H groups in total. The number of rotatable bonds is 10. The number of aromatic nitrogens is 2. The van der Waals surface area contributed by atoms with Gasteiger partial charge in [0.05, 0.1) is 6.04 Å². The highest BCUT2D eigenvalue weighted by molar-refractivity contribution is 8.04. The molecule has 2 atom stereocenters. The van der Waals surface area contributed by atoms with E-state index in [2.05, 4.69) is 20.4 Å². The number of nitrogens with one attached hydrogen (secondary N) is 1. The third-order valence-corrected chi connectivity index (χ3v) is 7.85. The quantitative estimate of drug-likeness (QED) is 0.142. The predicted octanol–water partition coefficient (Wildman–Crippen LogP) is 1.15. The van der Waals surface area contributed by atoms with Crippen molar-refractivity contribution in [2.45, 2.75) is 29.3 Å². The Labute approximate surface area is 213 Å². The molecular weight excluding hydrogens is 539 g/mol. The third-order valence-electron chi connectivity index (χ3n) is 5.10. The van der Waals surface area contributed by atoms with Crippen molar-refractivity contribution >= 4 is 69.0 Å². The van der Waals surface area contributed by atoms with Gasteiger partial charge in [0.1, 0.15) is 30.7 Å². The summed E-state index contributed by atoms with van der Waals surface area (Å²) in [7, 11) is 0. The summed E-state index contributed by atoms with van der Waals surface area (Å²) in [5.41, 5.74) is 4.98. The minimum atomic E-state index is -1.34. The minimum Gasteiger partial charge on any atom is -0.477 e. The van der Waals surface area contributed by atoms with Crippen molar-refractivity contribution in [3.05, 3.63) is 32.8 Å². The molecule has 0 bridgehead atoms. The maximum atomic E-state index is 12.9. The number of nitrogens with zero attached hydrogens (tertiary/aromatic N) is 4. The van der Waals surface area contributed by atoms with Gasteiger partial charge >= 0.3 is 11.9 Å². The molecule has 2 amide bonds. The van der Waals surface area contributed by atoms with Crippen LogP contribution in [0.2, 0.25) is 0 Å². The number of carbonyl (C=O) groups excluding carboxylic acids is 2. The van der Waals surface area contributed by atoms with Gasteiger partial charge in [0.2, 0.25) is 0 Å². The van der Waals surface area contributed by atoms with E-state index in [0.29, 0.717) is 15.7 Å². The number of β-lactam (4-membered cyclic amide) rings is 1. The van der Waals surface area contributed by atoms with Crippen molar-refractivity contribution in [2.75, 3.05) is 19.0 Å². The molecule has 1 saturated heterocycles. The molecule has 2 aromatic rings. The van der Waals surface area contributed by atoms with Crippen LogP contribution in [0.3, 0.4) is 0 Å². The summed E-state index contributed by atoms with van der Waals surface area (Å²) >= 11 is 3.08. The molecular formula is C19H17FN6O7S3. The van der Waals surface area contributed by atoms with Crippen LogP contribution in [-0.2, 0) is 19.2 Å². The minimum absolute atomic E-state index is 0.0788. The Balaban J connectivity index is 1.52. The van der Waals surface area contributed by atoms with Crippen LogP contribution in [0.5, 0.6) is 0 Å². The number of anilines is 1. The fourth-order valence-electron chi connectivity index (χ4n) is 3.59. The molecule has 36 heavy (non-hydrogen) atoms. The van der Waals surface area contributed by atoms with Gasteiger partial charge in [0.15, 0.2) is 20.9 Å². The molecule has 17 heteroatoms. The van der Waals surface area contributed by atoms with Crippen molar-refractivity contribution in [2.24, 2.45) is 5.16 Å². The number of carboxylic acid groups (broad SMARTS) is 2. The molecule has 2 aromatic heterocycles. The average Bonchev–Trinajstić information content (AvgIpc) is 3.49. The number of thioether (sulfide) groups is 1. The Morgan fingerprint density at radius 3 is 2.61 bits per heavy atom. The standard InChI is InChI=1S/C19H17FN6O7S3/c20-3-4-33-25-11(7-5-34-18(21)22-7)14(27)24-12-9-1-2-10(13(17(31)32)26(9)15(12)28)36-19-23-8(6-35-19)16(29)30/h5-6,9,12H,1-4H2,(H2,21,22)(H,24,27)(H,29,30)(H,31,32)/b25-11+/t9-,12+/m1/s1. The highest BCUT2D eigenvalue weighted by atomic mass is 32.2. The molecule has 2 aliphatic rings. The first-order chi connectivity index (χ1) is 17.2. The largest absolute Gasteiger partial charge is 0.477 e. The number of oxime groups is 1. The lowest BCUT2D eigenvalue weighted by molar-refractivity contribution is -0.155. The summed E-state index contributed by atoms with van der Waals surface area (Å²) in [6.07, 6.45) is 0.597. The number of nitrogens with two attached hydrogens (primary N) is 1. The van der Waals surface area contributed by atoms with Crippen LogP contribution in [0.15, 0.2) is 30.9 Å². The van der Waals surface area contributed by atoms with Crippen LogP contribution >= 0.6 is 34.4 Å². The second-order valence-corrected chi connectivity index (χ2v) is 10.4. The molecule has 4 heterocycles. The number of carboxylic acids is 2. The number of hydrogen-bond donors (Lipinski definition) is 4. The zero-order valence-corrected chi connectivity index (χ0v) is 20.5. The second kappa shape index (κ2) is 10.6. The highest BCUT2D eigenvalue weighted by Crippen LogP contribution is 2.43. The van der Waals surface area contributed by atoms with E-state index in [-0.39, 0.29) is 34.3 Å². The third kappa shape index (κ3) is 5.02. The number of amides is 2. The molecule has 0 aliphatic carbocycles. The second-order valence-electron chi connectivity index (χ2n) is 7.28. The van der Waals surface area contributed by atoms with E-state index in [1.807, 2.05) is 0 Å². The highest BCUT2D eigenvalue weighted by Gasteiger charge is 2.54. The number of alkyl halides is 1. The fourth-order valence-corrected chi connectivity index (χ4v) is 6.15. The zero-order valence-electron chi connectivity index (χ0n) is 18.0. The van der Waals surface area contributed by atoms with Crippen LogP contribution in [0, 0.1) is 0 Å². The van der Waals surface area contributed by atoms with E-state index in [1.54, 1.807) is 0 Å². The number of aromatic carboxylic acids is 1. The normalized spacial score (nSPS) is 19.5. The van der Waals surface area contributed by atoms with Crippen LogP contribution in [0.4, 0.5) is 9.52 Å². The van der Waals surface area contributed by atoms with E-state index < -0.39 is 49.1 Å². The molecule has 13 nitrogen and oxygen atoms in total. The summed E-state index contributed by atoms with van der Waals surface area (Å²) in [6.45, 7) is -1.23. The fraction of sp³-hybridized carbons (Fsp3) is 0.316. The Bertz CT molecular complexity index is 1290. The Hall–Kier alpha value is -3.57. The molecule has 0 saturated carbocycles. The van der Waals surface area contributed by atoms with Gasteiger partial charge in [-0.05, 0) is 12.8 Å². The van der Waals surface area contributed by atoms with Gasteiger partial charge in [0.25, 0.3) is 11.8 Å². The number of aliphatic carboxylic acids is 1. The summed E-state index contributed by atoms with van der Waals surface area (Å²) in [5, 5.41) is 27.9.